The van der Waals surface area contributed by atoms with Gasteiger partial charge in [0.1, 0.15) is 0 Å². The van der Waals surface area contributed by atoms with Gasteiger partial charge in [0.05, 0.1) is 5.92 Å². The van der Waals surface area contributed by atoms with Crippen LogP contribution in [0.25, 0.3) is 0 Å². The van der Waals surface area contributed by atoms with E-state index in [4.69, 9.17) is 5.73 Å². The molecule has 0 bridgehead atoms. The molecule has 1 aliphatic heterocycles. The largest absolute Gasteiger partial charge is 0.369 e. The number of benzene rings is 1. The zero-order chi connectivity index (χ0) is 13.1. The van der Waals surface area contributed by atoms with Crippen LogP contribution < -0.4 is 10.6 Å². The Kier molecular flexibility index (Phi) is 3.65. The van der Waals surface area contributed by atoms with Crippen LogP contribution >= 0.6 is 0 Å². The molecule has 1 aromatic rings. The van der Waals surface area contributed by atoms with Gasteiger partial charge in [-0.15, -0.1) is 0 Å². The van der Waals surface area contributed by atoms with Crippen molar-refractivity contribution >= 4 is 17.5 Å². The van der Waals surface area contributed by atoms with Gasteiger partial charge in [-0.3, -0.25) is 9.59 Å². The van der Waals surface area contributed by atoms with Gasteiger partial charge in [-0.1, -0.05) is 12.1 Å². The van der Waals surface area contributed by atoms with Crippen molar-refractivity contribution < 1.29 is 9.59 Å². The third-order valence-corrected chi connectivity index (χ3v) is 3.45. The van der Waals surface area contributed by atoms with Crippen LogP contribution in [0.15, 0.2) is 24.3 Å². The molecular weight excluding hydrogens is 228 g/mol. The van der Waals surface area contributed by atoms with Gasteiger partial charge in [0, 0.05) is 18.7 Å². The molecular formula is C14H18N2O2. The number of rotatable bonds is 3. The first-order chi connectivity index (χ1) is 8.59. The van der Waals surface area contributed by atoms with E-state index in [-0.39, 0.29) is 17.7 Å². The third kappa shape index (κ3) is 2.53. The molecule has 0 aromatic heterocycles. The van der Waals surface area contributed by atoms with Crippen molar-refractivity contribution in [3.63, 3.8) is 0 Å². The maximum Gasteiger partial charge on any atom is 0.226 e. The second kappa shape index (κ2) is 5.21. The van der Waals surface area contributed by atoms with Crippen molar-refractivity contribution in [2.24, 2.45) is 5.73 Å². The summed E-state index contributed by atoms with van der Waals surface area (Å²) in [6.07, 6.45) is 2.65. The first-order valence-electron chi connectivity index (χ1n) is 6.29. The molecule has 1 unspecified atom stereocenters. The van der Waals surface area contributed by atoms with Gasteiger partial charge in [-0.25, -0.2) is 0 Å². The average molecular weight is 246 g/mol. The Morgan fingerprint density at radius 2 is 1.94 bits per heavy atom. The van der Waals surface area contributed by atoms with Gasteiger partial charge < -0.3 is 10.6 Å². The highest BCUT2D eigenvalue weighted by molar-refractivity contribution is 5.94. The van der Waals surface area contributed by atoms with Gasteiger partial charge in [-0.2, -0.15) is 0 Å². The van der Waals surface area contributed by atoms with Gasteiger partial charge in [0.25, 0.3) is 0 Å². The minimum Gasteiger partial charge on any atom is -0.369 e. The predicted molar refractivity (Wildman–Crippen MR) is 70.3 cm³/mol. The number of piperidine rings is 1. The van der Waals surface area contributed by atoms with Crippen LogP contribution in [0.4, 0.5) is 5.69 Å². The molecule has 2 amide bonds. The van der Waals surface area contributed by atoms with Crippen molar-refractivity contribution in [1.29, 1.82) is 0 Å². The number of nitrogens with zero attached hydrogens (tertiary/aromatic N) is 1. The Labute approximate surface area is 107 Å². The predicted octanol–water partition coefficient (Wildman–Crippen LogP) is 1.79. The average Bonchev–Trinajstić information content (AvgIpc) is 2.38. The molecule has 1 fully saturated rings. The molecule has 0 spiro atoms. The third-order valence-electron chi connectivity index (χ3n) is 3.45. The lowest BCUT2D eigenvalue weighted by Gasteiger charge is -2.27. The van der Waals surface area contributed by atoms with E-state index in [1.165, 1.54) is 0 Å². The summed E-state index contributed by atoms with van der Waals surface area (Å²) in [7, 11) is 0. The molecule has 0 radical (unpaired) electrons. The second-order valence-electron chi connectivity index (χ2n) is 4.72. The Balaban J connectivity index is 2.16. The summed E-state index contributed by atoms with van der Waals surface area (Å²) in [6, 6.07) is 7.51. The van der Waals surface area contributed by atoms with E-state index in [1.807, 2.05) is 29.2 Å². The van der Waals surface area contributed by atoms with E-state index in [2.05, 4.69) is 0 Å². The molecule has 1 aliphatic rings. The molecule has 1 saturated heterocycles. The van der Waals surface area contributed by atoms with Crippen LogP contribution in [0.1, 0.15) is 37.7 Å². The molecule has 4 nitrogen and oxygen atoms in total. The molecule has 1 aromatic carbocycles. The number of hydrogen-bond donors (Lipinski definition) is 1. The van der Waals surface area contributed by atoms with Crippen LogP contribution in [-0.2, 0) is 9.59 Å². The number of amides is 2. The fourth-order valence-electron chi connectivity index (χ4n) is 2.19. The molecule has 0 saturated carbocycles. The smallest absolute Gasteiger partial charge is 0.226 e. The summed E-state index contributed by atoms with van der Waals surface area (Å²) >= 11 is 0. The molecule has 96 valence electrons. The molecule has 4 heteroatoms. The fourth-order valence-corrected chi connectivity index (χ4v) is 2.19. The summed E-state index contributed by atoms with van der Waals surface area (Å²) < 4.78 is 0. The summed E-state index contributed by atoms with van der Waals surface area (Å²) in [4.78, 5) is 24.7. The minimum absolute atomic E-state index is 0.178. The van der Waals surface area contributed by atoms with E-state index in [1.54, 1.807) is 6.92 Å². The zero-order valence-corrected chi connectivity index (χ0v) is 10.6. The second-order valence-corrected chi connectivity index (χ2v) is 4.72. The molecule has 0 aliphatic carbocycles. The highest BCUT2D eigenvalue weighted by Crippen LogP contribution is 2.23. The number of nitrogens with two attached hydrogens (primary N) is 1. The lowest BCUT2D eigenvalue weighted by molar-refractivity contribution is -0.120. The SMILES string of the molecule is CC(C(N)=O)c1ccc(N2CCCCC2=O)cc1. The van der Waals surface area contributed by atoms with Crippen LogP contribution in [0.5, 0.6) is 0 Å². The maximum atomic E-state index is 11.8. The van der Waals surface area contributed by atoms with Crippen LogP contribution in [0.2, 0.25) is 0 Å². The van der Waals surface area contributed by atoms with Gasteiger partial charge in [0.2, 0.25) is 11.8 Å². The van der Waals surface area contributed by atoms with Gasteiger partial charge in [0.15, 0.2) is 0 Å². The zero-order valence-electron chi connectivity index (χ0n) is 10.6. The Bertz CT molecular complexity index is 453. The van der Waals surface area contributed by atoms with Crippen LogP contribution in [0, 0.1) is 0 Å². The topological polar surface area (TPSA) is 63.4 Å². The van der Waals surface area contributed by atoms with Gasteiger partial charge in [-0.05, 0) is 37.5 Å². The van der Waals surface area contributed by atoms with Crippen LogP contribution in [0.3, 0.4) is 0 Å². The first kappa shape index (κ1) is 12.6. The normalized spacial score (nSPS) is 17.6. The van der Waals surface area contributed by atoms with Crippen LogP contribution in [-0.4, -0.2) is 18.4 Å². The summed E-state index contributed by atoms with van der Waals surface area (Å²) in [5, 5.41) is 0. The first-order valence-corrected chi connectivity index (χ1v) is 6.29. The van der Waals surface area contributed by atoms with Gasteiger partial charge >= 0.3 is 0 Å². The molecule has 2 N–H and O–H groups in total. The number of anilines is 1. The van der Waals surface area contributed by atoms with E-state index >= 15 is 0 Å². The molecule has 18 heavy (non-hydrogen) atoms. The molecule has 1 atom stereocenters. The number of carbonyl (C=O) groups excluding carboxylic acids is 2. The Morgan fingerprint density at radius 3 is 2.50 bits per heavy atom. The van der Waals surface area contributed by atoms with E-state index < -0.39 is 0 Å². The van der Waals surface area contributed by atoms with E-state index in [0.29, 0.717) is 6.42 Å². The monoisotopic (exact) mass is 246 g/mol. The Hall–Kier alpha value is -1.84. The molecule has 1 heterocycles. The number of hydrogen-bond acceptors (Lipinski definition) is 2. The molecule has 2 rings (SSSR count). The number of carbonyl (C=O) groups is 2. The van der Waals surface area contributed by atoms with Crippen molar-refractivity contribution in [3.05, 3.63) is 29.8 Å². The quantitative estimate of drug-likeness (QED) is 0.883. The number of primary amides is 1. The van der Waals surface area contributed by atoms with Crippen molar-refractivity contribution in [3.8, 4) is 0 Å². The summed E-state index contributed by atoms with van der Waals surface area (Å²) in [5.74, 6) is -0.454. The lowest BCUT2D eigenvalue weighted by Crippen LogP contribution is -2.35. The highest BCUT2D eigenvalue weighted by atomic mass is 16.2. The fraction of sp³-hybridized carbons (Fsp3) is 0.429. The van der Waals surface area contributed by atoms with E-state index in [9.17, 15) is 9.59 Å². The van der Waals surface area contributed by atoms with Crippen molar-refractivity contribution in [1.82, 2.24) is 0 Å². The van der Waals surface area contributed by atoms with Crippen molar-refractivity contribution in [2.45, 2.75) is 32.1 Å². The Morgan fingerprint density at radius 1 is 1.28 bits per heavy atom. The maximum absolute atomic E-state index is 11.8. The lowest BCUT2D eigenvalue weighted by atomic mass is 10.00. The van der Waals surface area contributed by atoms with Crippen molar-refractivity contribution in [2.75, 3.05) is 11.4 Å². The highest BCUT2D eigenvalue weighted by Gasteiger charge is 2.20. The van der Waals surface area contributed by atoms with E-state index in [0.717, 1.165) is 30.6 Å². The summed E-state index contributed by atoms with van der Waals surface area (Å²) in [5.41, 5.74) is 7.06. The minimum atomic E-state index is -0.336. The standard InChI is InChI=1S/C14H18N2O2/c1-10(14(15)18)11-5-7-12(8-6-11)16-9-3-2-4-13(16)17/h5-8,10H,2-4,9H2,1H3,(H2,15,18). The summed E-state index contributed by atoms with van der Waals surface area (Å²) in [6.45, 7) is 2.56.